The van der Waals surface area contributed by atoms with Crippen LogP contribution in [0.4, 0.5) is 4.39 Å². The summed E-state index contributed by atoms with van der Waals surface area (Å²) < 4.78 is 15.3. The Kier molecular flexibility index (Phi) is 4.34. The summed E-state index contributed by atoms with van der Waals surface area (Å²) in [4.78, 5) is 0. The zero-order valence-electron chi connectivity index (χ0n) is 12.4. The molecule has 0 radical (unpaired) electrons. The van der Waals surface area contributed by atoms with Gasteiger partial charge in [-0.25, -0.2) is 4.39 Å². The third kappa shape index (κ3) is 4.14. The average molecular weight is 287 g/mol. The monoisotopic (exact) mass is 287 g/mol. The summed E-state index contributed by atoms with van der Waals surface area (Å²) in [6.07, 6.45) is 8.50. The summed E-state index contributed by atoms with van der Waals surface area (Å²) in [7, 11) is 1.93. The van der Waals surface area contributed by atoms with E-state index in [9.17, 15) is 4.39 Å². The maximum absolute atomic E-state index is 13.5. The van der Waals surface area contributed by atoms with Crippen LogP contribution in [0.1, 0.15) is 36.3 Å². The van der Waals surface area contributed by atoms with E-state index in [2.05, 4.69) is 16.6 Å². The Morgan fingerprint density at radius 1 is 1.43 bits per heavy atom. The molecule has 3 rings (SSSR count). The van der Waals surface area contributed by atoms with Crippen LogP contribution in [0.5, 0.6) is 0 Å². The second-order valence-electron chi connectivity index (χ2n) is 6.00. The standard InChI is InChI=1S/C17H22FN3/c1-21-12-13(10-20-21)5-6-15(11-19-17-7-8-17)14-3-2-4-16(18)9-14/h2-4,9-10,12,15,17,19H,5-8,11H2,1H3. The number of nitrogens with one attached hydrogen (secondary N) is 1. The predicted molar refractivity (Wildman–Crippen MR) is 81.7 cm³/mol. The van der Waals surface area contributed by atoms with Crippen molar-refractivity contribution in [2.24, 2.45) is 7.05 Å². The molecule has 1 aliphatic carbocycles. The Morgan fingerprint density at radius 3 is 2.95 bits per heavy atom. The van der Waals surface area contributed by atoms with Crippen LogP contribution in [-0.4, -0.2) is 22.4 Å². The first kappa shape index (κ1) is 14.3. The molecule has 1 unspecified atom stereocenters. The molecule has 1 heterocycles. The molecule has 2 aromatic rings. The zero-order valence-corrected chi connectivity index (χ0v) is 12.4. The van der Waals surface area contributed by atoms with Crippen LogP contribution < -0.4 is 5.32 Å². The van der Waals surface area contributed by atoms with Crippen LogP contribution in [-0.2, 0) is 13.5 Å². The fraction of sp³-hybridized carbons (Fsp3) is 0.471. The quantitative estimate of drug-likeness (QED) is 0.848. The van der Waals surface area contributed by atoms with Crippen molar-refractivity contribution in [3.05, 3.63) is 53.6 Å². The number of benzene rings is 1. The minimum atomic E-state index is -0.148. The molecule has 0 spiro atoms. The first-order chi connectivity index (χ1) is 10.2. The lowest BCUT2D eigenvalue weighted by Gasteiger charge is -2.18. The van der Waals surface area contributed by atoms with Gasteiger partial charge in [-0.05, 0) is 54.9 Å². The van der Waals surface area contributed by atoms with E-state index < -0.39 is 0 Å². The fourth-order valence-corrected chi connectivity index (χ4v) is 2.69. The van der Waals surface area contributed by atoms with Gasteiger partial charge in [-0.3, -0.25) is 4.68 Å². The molecule has 3 nitrogen and oxygen atoms in total. The highest BCUT2D eigenvalue weighted by Crippen LogP contribution is 2.25. The summed E-state index contributed by atoms with van der Waals surface area (Å²) in [5.74, 6) is 0.201. The fourth-order valence-electron chi connectivity index (χ4n) is 2.69. The Hall–Kier alpha value is -1.68. The second-order valence-corrected chi connectivity index (χ2v) is 6.00. The summed E-state index contributed by atoms with van der Waals surface area (Å²) in [6, 6.07) is 7.70. The van der Waals surface area contributed by atoms with Crippen molar-refractivity contribution < 1.29 is 4.39 Å². The van der Waals surface area contributed by atoms with Crippen LogP contribution in [0.3, 0.4) is 0 Å². The maximum Gasteiger partial charge on any atom is 0.123 e. The van der Waals surface area contributed by atoms with Gasteiger partial charge < -0.3 is 5.32 Å². The summed E-state index contributed by atoms with van der Waals surface area (Å²) in [5.41, 5.74) is 2.33. The lowest BCUT2D eigenvalue weighted by Crippen LogP contribution is -2.24. The molecule has 1 fully saturated rings. The third-order valence-electron chi connectivity index (χ3n) is 4.09. The molecule has 0 aliphatic heterocycles. The molecular formula is C17H22FN3. The molecule has 1 N–H and O–H groups in total. The van der Waals surface area contributed by atoms with E-state index in [1.165, 1.54) is 24.5 Å². The molecule has 1 aromatic heterocycles. The van der Waals surface area contributed by atoms with Crippen molar-refractivity contribution in [3.63, 3.8) is 0 Å². The van der Waals surface area contributed by atoms with Gasteiger partial charge in [0.05, 0.1) is 6.20 Å². The van der Waals surface area contributed by atoms with Gasteiger partial charge in [-0.1, -0.05) is 12.1 Å². The van der Waals surface area contributed by atoms with Gasteiger partial charge in [-0.15, -0.1) is 0 Å². The van der Waals surface area contributed by atoms with Gasteiger partial charge in [0.2, 0.25) is 0 Å². The van der Waals surface area contributed by atoms with Crippen LogP contribution >= 0.6 is 0 Å². The summed E-state index contributed by atoms with van der Waals surface area (Å²) in [6.45, 7) is 0.925. The number of aryl methyl sites for hydroxylation is 2. The van der Waals surface area contributed by atoms with Crippen LogP contribution in [0.25, 0.3) is 0 Å². The van der Waals surface area contributed by atoms with Gasteiger partial charge in [0.15, 0.2) is 0 Å². The molecule has 0 saturated heterocycles. The Balaban J connectivity index is 1.65. The second kappa shape index (κ2) is 6.39. The smallest absolute Gasteiger partial charge is 0.123 e. The molecule has 1 aromatic carbocycles. The number of nitrogens with zero attached hydrogens (tertiary/aromatic N) is 2. The van der Waals surface area contributed by atoms with E-state index in [-0.39, 0.29) is 5.82 Å². The number of halogens is 1. The van der Waals surface area contributed by atoms with E-state index in [0.717, 1.165) is 24.9 Å². The summed E-state index contributed by atoms with van der Waals surface area (Å²) >= 11 is 0. The topological polar surface area (TPSA) is 29.9 Å². The van der Waals surface area contributed by atoms with Gasteiger partial charge in [0.1, 0.15) is 5.82 Å². The molecule has 1 saturated carbocycles. The Labute approximate surface area is 125 Å². The predicted octanol–water partition coefficient (Wildman–Crippen LogP) is 3.03. The Bertz CT molecular complexity index is 589. The van der Waals surface area contributed by atoms with E-state index in [1.54, 1.807) is 12.1 Å². The van der Waals surface area contributed by atoms with Crippen molar-refractivity contribution in [1.82, 2.24) is 15.1 Å². The number of rotatable bonds is 7. The first-order valence-electron chi connectivity index (χ1n) is 7.67. The molecule has 4 heteroatoms. The van der Waals surface area contributed by atoms with Gasteiger partial charge in [0.25, 0.3) is 0 Å². The molecule has 0 bridgehead atoms. The van der Waals surface area contributed by atoms with Gasteiger partial charge in [0, 0.05) is 25.8 Å². The lowest BCUT2D eigenvalue weighted by molar-refractivity contribution is 0.542. The van der Waals surface area contributed by atoms with Crippen molar-refractivity contribution in [3.8, 4) is 0 Å². The largest absolute Gasteiger partial charge is 0.313 e. The van der Waals surface area contributed by atoms with Crippen LogP contribution in [0.15, 0.2) is 36.7 Å². The van der Waals surface area contributed by atoms with Gasteiger partial charge in [-0.2, -0.15) is 5.10 Å². The van der Waals surface area contributed by atoms with Crippen molar-refractivity contribution in [1.29, 1.82) is 0 Å². The van der Waals surface area contributed by atoms with Crippen LogP contribution in [0, 0.1) is 5.82 Å². The normalized spacial score (nSPS) is 16.1. The molecule has 0 amide bonds. The van der Waals surface area contributed by atoms with E-state index in [1.807, 2.05) is 24.0 Å². The molecule has 112 valence electrons. The highest BCUT2D eigenvalue weighted by molar-refractivity contribution is 5.22. The van der Waals surface area contributed by atoms with Crippen molar-refractivity contribution in [2.45, 2.75) is 37.6 Å². The molecule has 21 heavy (non-hydrogen) atoms. The van der Waals surface area contributed by atoms with E-state index in [4.69, 9.17) is 0 Å². The summed E-state index contributed by atoms with van der Waals surface area (Å²) in [5, 5.41) is 7.78. The highest BCUT2D eigenvalue weighted by atomic mass is 19.1. The first-order valence-corrected chi connectivity index (χ1v) is 7.67. The minimum Gasteiger partial charge on any atom is -0.313 e. The maximum atomic E-state index is 13.5. The van der Waals surface area contributed by atoms with E-state index >= 15 is 0 Å². The van der Waals surface area contributed by atoms with Crippen LogP contribution in [0.2, 0.25) is 0 Å². The zero-order chi connectivity index (χ0) is 14.7. The molecule has 1 aliphatic rings. The van der Waals surface area contributed by atoms with Crippen molar-refractivity contribution in [2.75, 3.05) is 6.54 Å². The third-order valence-corrected chi connectivity index (χ3v) is 4.09. The van der Waals surface area contributed by atoms with E-state index in [0.29, 0.717) is 12.0 Å². The average Bonchev–Trinajstić information content (AvgIpc) is 3.20. The number of aromatic nitrogens is 2. The molecular weight excluding hydrogens is 265 g/mol. The number of hydrogen-bond acceptors (Lipinski definition) is 2. The van der Waals surface area contributed by atoms with Crippen molar-refractivity contribution >= 4 is 0 Å². The molecule has 1 atom stereocenters. The van der Waals surface area contributed by atoms with Gasteiger partial charge >= 0.3 is 0 Å². The highest BCUT2D eigenvalue weighted by Gasteiger charge is 2.22. The Morgan fingerprint density at radius 2 is 2.29 bits per heavy atom. The lowest BCUT2D eigenvalue weighted by atomic mass is 9.92. The number of hydrogen-bond donors (Lipinski definition) is 1. The minimum absolute atomic E-state index is 0.148. The SMILES string of the molecule is Cn1cc(CCC(CNC2CC2)c2cccc(F)c2)cn1.